The van der Waals surface area contributed by atoms with Crippen LogP contribution in [-0.2, 0) is 11.3 Å². The molecule has 0 saturated heterocycles. The van der Waals surface area contributed by atoms with Crippen LogP contribution >= 0.6 is 15.9 Å². The Bertz CT molecular complexity index is 668. The largest absolute Gasteiger partial charge is 0.507 e. The van der Waals surface area contributed by atoms with Gasteiger partial charge in [0.1, 0.15) is 12.3 Å². The average molecular weight is 339 g/mol. The minimum Gasteiger partial charge on any atom is -0.507 e. The number of aromatic hydroxyl groups is 1. The van der Waals surface area contributed by atoms with Crippen molar-refractivity contribution in [1.29, 1.82) is 0 Å². The number of benzene rings is 1. The quantitative estimate of drug-likeness (QED) is 0.774. The smallest absolute Gasteiger partial charge is 0.259 e. The molecule has 0 radical (unpaired) electrons. The molecule has 0 aliphatic carbocycles. The Morgan fingerprint density at radius 3 is 2.85 bits per heavy atom. The molecule has 0 unspecified atom stereocenters. The van der Waals surface area contributed by atoms with Gasteiger partial charge >= 0.3 is 0 Å². The lowest BCUT2D eigenvalue weighted by atomic mass is 10.2. The fraction of sp³-hybridized carbons (Fsp3) is 0.0833. The molecule has 0 bridgehead atoms. The van der Waals surface area contributed by atoms with E-state index in [2.05, 4.69) is 26.3 Å². The number of amides is 2. The first-order chi connectivity index (χ1) is 9.45. The summed E-state index contributed by atoms with van der Waals surface area (Å²) in [4.78, 5) is 22.7. The molecule has 104 valence electrons. The zero-order valence-electron chi connectivity index (χ0n) is 10.2. The molecule has 2 aromatic rings. The number of anilines is 1. The number of nitrogens with two attached hydrogens (primary N) is 1. The van der Waals surface area contributed by atoms with E-state index in [1.165, 1.54) is 29.2 Å². The van der Waals surface area contributed by atoms with Crippen molar-refractivity contribution in [3.63, 3.8) is 0 Å². The van der Waals surface area contributed by atoms with Crippen LogP contribution in [0.15, 0.2) is 35.1 Å². The standard InChI is InChI=1S/C12H11BrN4O3/c13-7-1-2-9(10(18)3-7)12(20)16-8-4-15-17(5-8)6-11(14)19/h1-5,18H,6H2,(H2,14,19)(H,16,20). The van der Waals surface area contributed by atoms with E-state index in [1.807, 2.05) is 0 Å². The van der Waals surface area contributed by atoms with Crippen LogP contribution in [0.2, 0.25) is 0 Å². The van der Waals surface area contributed by atoms with Gasteiger partial charge in [-0.1, -0.05) is 15.9 Å². The first-order valence-corrected chi connectivity index (χ1v) is 6.35. The summed E-state index contributed by atoms with van der Waals surface area (Å²) in [5.74, 6) is -1.15. The normalized spacial score (nSPS) is 10.2. The molecule has 2 amide bonds. The maximum atomic E-state index is 12.0. The van der Waals surface area contributed by atoms with E-state index >= 15 is 0 Å². The highest BCUT2D eigenvalue weighted by Crippen LogP contribution is 2.23. The molecular formula is C12H11BrN4O3. The second kappa shape index (κ2) is 5.74. The lowest BCUT2D eigenvalue weighted by molar-refractivity contribution is -0.118. The molecule has 0 saturated carbocycles. The van der Waals surface area contributed by atoms with Gasteiger partial charge in [-0.3, -0.25) is 14.3 Å². The summed E-state index contributed by atoms with van der Waals surface area (Å²) < 4.78 is 1.97. The second-order valence-corrected chi connectivity index (χ2v) is 4.92. The van der Waals surface area contributed by atoms with Crippen molar-refractivity contribution in [1.82, 2.24) is 9.78 Å². The maximum Gasteiger partial charge on any atom is 0.259 e. The van der Waals surface area contributed by atoms with E-state index in [9.17, 15) is 14.7 Å². The molecule has 0 aliphatic rings. The number of carbonyl (C=O) groups excluding carboxylic acids is 2. The SMILES string of the molecule is NC(=O)Cn1cc(NC(=O)c2ccc(Br)cc2O)cn1. The number of nitrogens with zero attached hydrogens (tertiary/aromatic N) is 2. The Morgan fingerprint density at radius 1 is 1.45 bits per heavy atom. The van der Waals surface area contributed by atoms with Gasteiger partial charge in [0, 0.05) is 10.7 Å². The molecule has 20 heavy (non-hydrogen) atoms. The van der Waals surface area contributed by atoms with Crippen molar-refractivity contribution in [3.05, 3.63) is 40.6 Å². The van der Waals surface area contributed by atoms with Crippen molar-refractivity contribution in [2.24, 2.45) is 5.73 Å². The first kappa shape index (κ1) is 14.1. The van der Waals surface area contributed by atoms with E-state index in [4.69, 9.17) is 5.73 Å². The van der Waals surface area contributed by atoms with Crippen molar-refractivity contribution in [3.8, 4) is 5.75 Å². The first-order valence-electron chi connectivity index (χ1n) is 5.56. The molecular weight excluding hydrogens is 328 g/mol. The number of phenolic OH excluding ortho intramolecular Hbond substituents is 1. The van der Waals surface area contributed by atoms with Gasteiger partial charge in [-0.25, -0.2) is 0 Å². The van der Waals surface area contributed by atoms with Crippen LogP contribution in [0.3, 0.4) is 0 Å². The Hall–Kier alpha value is -2.35. The van der Waals surface area contributed by atoms with Crippen LogP contribution in [0, 0.1) is 0 Å². The van der Waals surface area contributed by atoms with Crippen LogP contribution in [-0.4, -0.2) is 26.7 Å². The van der Waals surface area contributed by atoms with Crippen LogP contribution in [0.5, 0.6) is 5.75 Å². The number of hydrogen-bond acceptors (Lipinski definition) is 4. The minimum atomic E-state index is -0.531. The van der Waals surface area contributed by atoms with Gasteiger partial charge in [0.25, 0.3) is 5.91 Å². The molecule has 0 fully saturated rings. The van der Waals surface area contributed by atoms with E-state index in [0.717, 1.165) is 0 Å². The van der Waals surface area contributed by atoms with Crippen molar-refractivity contribution >= 4 is 33.4 Å². The molecule has 1 aromatic carbocycles. The highest BCUT2D eigenvalue weighted by molar-refractivity contribution is 9.10. The highest BCUT2D eigenvalue weighted by Gasteiger charge is 2.12. The van der Waals surface area contributed by atoms with Gasteiger partial charge in [-0.15, -0.1) is 0 Å². The summed E-state index contributed by atoms with van der Waals surface area (Å²) in [6.45, 7) is -0.0700. The summed E-state index contributed by atoms with van der Waals surface area (Å²) >= 11 is 3.19. The molecule has 0 atom stereocenters. The number of carbonyl (C=O) groups is 2. The molecule has 1 heterocycles. The Morgan fingerprint density at radius 2 is 2.20 bits per heavy atom. The predicted molar refractivity (Wildman–Crippen MR) is 75.2 cm³/mol. The Labute approximate surface area is 122 Å². The summed E-state index contributed by atoms with van der Waals surface area (Å²) in [7, 11) is 0. The molecule has 0 aliphatic heterocycles. The zero-order valence-corrected chi connectivity index (χ0v) is 11.8. The van der Waals surface area contributed by atoms with E-state index in [0.29, 0.717) is 10.2 Å². The summed E-state index contributed by atoms with van der Waals surface area (Å²) in [5.41, 5.74) is 5.57. The van der Waals surface area contributed by atoms with Crippen LogP contribution in [0.4, 0.5) is 5.69 Å². The topological polar surface area (TPSA) is 110 Å². The number of nitrogens with one attached hydrogen (secondary N) is 1. The second-order valence-electron chi connectivity index (χ2n) is 4.01. The number of hydrogen-bond donors (Lipinski definition) is 3. The van der Waals surface area contributed by atoms with E-state index in [-0.39, 0.29) is 17.9 Å². The fourth-order valence-electron chi connectivity index (χ4n) is 1.57. The van der Waals surface area contributed by atoms with Gasteiger partial charge in [-0.05, 0) is 18.2 Å². The van der Waals surface area contributed by atoms with E-state index < -0.39 is 11.8 Å². The number of aromatic nitrogens is 2. The summed E-state index contributed by atoms with van der Waals surface area (Å²) in [5, 5.41) is 16.1. The van der Waals surface area contributed by atoms with Crippen LogP contribution < -0.4 is 11.1 Å². The van der Waals surface area contributed by atoms with E-state index in [1.54, 1.807) is 6.07 Å². The predicted octanol–water partition coefficient (Wildman–Crippen LogP) is 1.09. The third-order valence-electron chi connectivity index (χ3n) is 2.41. The van der Waals surface area contributed by atoms with Crippen LogP contribution in [0.25, 0.3) is 0 Å². The number of phenols is 1. The Balaban J connectivity index is 2.11. The third kappa shape index (κ3) is 3.35. The number of primary amides is 1. The molecule has 7 nitrogen and oxygen atoms in total. The van der Waals surface area contributed by atoms with Gasteiger partial charge in [0.15, 0.2) is 0 Å². The summed E-state index contributed by atoms with van der Waals surface area (Å²) in [6, 6.07) is 4.55. The van der Waals surface area contributed by atoms with Gasteiger partial charge in [-0.2, -0.15) is 5.10 Å². The molecule has 1 aromatic heterocycles. The van der Waals surface area contributed by atoms with Crippen LogP contribution in [0.1, 0.15) is 10.4 Å². The monoisotopic (exact) mass is 338 g/mol. The third-order valence-corrected chi connectivity index (χ3v) is 2.91. The maximum absolute atomic E-state index is 12.0. The van der Waals surface area contributed by atoms with Crippen molar-refractivity contribution < 1.29 is 14.7 Å². The average Bonchev–Trinajstić information content (AvgIpc) is 2.75. The number of halogens is 1. The molecule has 2 rings (SSSR count). The highest BCUT2D eigenvalue weighted by atomic mass is 79.9. The van der Waals surface area contributed by atoms with Gasteiger partial charge in [0.05, 0.1) is 17.4 Å². The fourth-order valence-corrected chi connectivity index (χ4v) is 1.92. The molecule has 8 heteroatoms. The van der Waals surface area contributed by atoms with Crippen molar-refractivity contribution in [2.75, 3.05) is 5.32 Å². The Kier molecular flexibility index (Phi) is 4.04. The zero-order chi connectivity index (χ0) is 14.7. The number of rotatable bonds is 4. The summed E-state index contributed by atoms with van der Waals surface area (Å²) in [6.07, 6.45) is 2.86. The lowest BCUT2D eigenvalue weighted by Gasteiger charge is -2.05. The van der Waals surface area contributed by atoms with Gasteiger partial charge < -0.3 is 16.2 Å². The van der Waals surface area contributed by atoms with Crippen molar-refractivity contribution in [2.45, 2.75) is 6.54 Å². The minimum absolute atomic E-state index is 0.0700. The lowest BCUT2D eigenvalue weighted by Crippen LogP contribution is -2.18. The molecule has 4 N–H and O–H groups in total. The molecule has 0 spiro atoms. The van der Waals surface area contributed by atoms with Gasteiger partial charge in [0.2, 0.25) is 5.91 Å².